The third-order valence-corrected chi connectivity index (χ3v) is 5.19. The van der Waals surface area contributed by atoms with Crippen molar-refractivity contribution < 1.29 is 24.2 Å². The third-order valence-electron chi connectivity index (χ3n) is 4.28. The first-order valence-electron chi connectivity index (χ1n) is 8.33. The van der Waals surface area contributed by atoms with Crippen molar-refractivity contribution in [3.05, 3.63) is 77.2 Å². The molecule has 0 aliphatic rings. The molecule has 142 valence electrons. The van der Waals surface area contributed by atoms with E-state index < -0.39 is 5.97 Å². The predicted molar refractivity (Wildman–Crippen MR) is 110 cm³/mol. The van der Waals surface area contributed by atoms with Crippen LogP contribution in [0.5, 0.6) is 11.5 Å². The van der Waals surface area contributed by atoms with E-state index >= 15 is 0 Å². The zero-order valence-corrected chi connectivity index (χ0v) is 16.2. The highest BCUT2D eigenvalue weighted by Crippen LogP contribution is 2.42. The molecule has 0 bridgehead atoms. The molecule has 0 fully saturated rings. The fourth-order valence-electron chi connectivity index (χ4n) is 2.82. The summed E-state index contributed by atoms with van der Waals surface area (Å²) in [5.41, 5.74) is 2.17. The first-order valence-corrected chi connectivity index (χ1v) is 9.21. The van der Waals surface area contributed by atoms with E-state index in [9.17, 15) is 9.59 Å². The molecule has 3 rings (SSSR count). The molecule has 0 saturated carbocycles. The summed E-state index contributed by atoms with van der Waals surface area (Å²) in [6.45, 7) is 3.95. The van der Waals surface area contributed by atoms with Crippen molar-refractivity contribution in [1.29, 1.82) is 0 Å². The van der Waals surface area contributed by atoms with E-state index in [-0.39, 0.29) is 16.9 Å². The summed E-state index contributed by atoms with van der Waals surface area (Å²) >= 11 is 1.55. The van der Waals surface area contributed by atoms with E-state index in [1.807, 2.05) is 23.6 Å². The summed E-state index contributed by atoms with van der Waals surface area (Å²) < 4.78 is 11.0. The second kappa shape index (κ2) is 8.10. The molecule has 0 spiro atoms. The molecule has 0 saturated heterocycles. The molecule has 0 atom stereocenters. The largest absolute Gasteiger partial charge is 0.493 e. The lowest BCUT2D eigenvalue weighted by Gasteiger charge is -2.15. The van der Waals surface area contributed by atoms with Crippen molar-refractivity contribution in [2.24, 2.45) is 0 Å². The Bertz CT molecular complexity index is 1030. The fraction of sp³-hybridized carbons (Fsp3) is 0.0909. The van der Waals surface area contributed by atoms with E-state index in [1.165, 1.54) is 31.4 Å². The van der Waals surface area contributed by atoms with Gasteiger partial charge >= 0.3 is 5.97 Å². The van der Waals surface area contributed by atoms with Gasteiger partial charge in [-0.15, -0.1) is 11.3 Å². The molecule has 0 amide bonds. The maximum Gasteiger partial charge on any atom is 0.335 e. The van der Waals surface area contributed by atoms with Crippen molar-refractivity contribution in [3.8, 4) is 21.9 Å². The van der Waals surface area contributed by atoms with Crippen LogP contribution in [0.15, 0.2) is 60.5 Å². The summed E-state index contributed by atoms with van der Waals surface area (Å²) in [6.07, 6.45) is 0. The van der Waals surface area contributed by atoms with Crippen LogP contribution < -0.4 is 9.47 Å². The Balaban J connectivity index is 2.02. The van der Waals surface area contributed by atoms with Gasteiger partial charge in [0.15, 0.2) is 17.3 Å². The van der Waals surface area contributed by atoms with Crippen molar-refractivity contribution >= 4 is 28.7 Å². The van der Waals surface area contributed by atoms with Crippen LogP contribution in [0.4, 0.5) is 0 Å². The monoisotopic (exact) mass is 394 g/mol. The smallest absolute Gasteiger partial charge is 0.335 e. The second-order valence-corrected chi connectivity index (χ2v) is 6.87. The summed E-state index contributed by atoms with van der Waals surface area (Å²) in [4.78, 5) is 24.8. The van der Waals surface area contributed by atoms with E-state index in [1.54, 1.807) is 24.5 Å². The summed E-state index contributed by atoms with van der Waals surface area (Å²) in [7, 11) is 3.10. The highest BCUT2D eigenvalue weighted by Gasteiger charge is 2.19. The van der Waals surface area contributed by atoms with Crippen LogP contribution in [0.1, 0.15) is 26.3 Å². The van der Waals surface area contributed by atoms with Gasteiger partial charge in [-0.1, -0.05) is 24.8 Å². The molecular formula is C22H18O5S. The van der Waals surface area contributed by atoms with Crippen LogP contribution >= 0.6 is 11.3 Å². The Morgan fingerprint density at radius 3 is 2.18 bits per heavy atom. The average Bonchev–Trinajstić information content (AvgIpc) is 3.26. The molecule has 5 nitrogen and oxygen atoms in total. The van der Waals surface area contributed by atoms with Crippen LogP contribution in [-0.2, 0) is 0 Å². The molecule has 3 aromatic rings. The maximum absolute atomic E-state index is 12.9. The number of Topliss-reactive ketones (excluding diaryl/α,β-unsaturated/α-hetero) is 1. The van der Waals surface area contributed by atoms with Crippen molar-refractivity contribution in [2.45, 2.75) is 0 Å². The fourth-order valence-corrected chi connectivity index (χ4v) is 3.56. The van der Waals surface area contributed by atoms with E-state index in [0.29, 0.717) is 22.6 Å². The highest BCUT2D eigenvalue weighted by molar-refractivity contribution is 7.13. The zero-order chi connectivity index (χ0) is 20.3. The molecule has 28 heavy (non-hydrogen) atoms. The molecule has 0 radical (unpaired) electrons. The normalized spacial score (nSPS) is 10.4. The van der Waals surface area contributed by atoms with Crippen LogP contribution in [0, 0.1) is 0 Å². The lowest BCUT2D eigenvalue weighted by molar-refractivity contribution is 0.0696. The standard InChI is InChI=1S/C22H18O5S/c1-13(20(23)14-6-8-15(9-7-14)22(24)25)16-11-17(19-5-4-10-28-19)21(27-3)18(12-16)26-2/h4-12H,1H2,2-3H3,(H,24,25). The van der Waals surface area contributed by atoms with E-state index in [2.05, 4.69) is 6.58 Å². The van der Waals surface area contributed by atoms with Crippen molar-refractivity contribution in [1.82, 2.24) is 0 Å². The molecule has 1 N–H and O–H groups in total. The van der Waals surface area contributed by atoms with Gasteiger partial charge in [0.05, 0.1) is 19.8 Å². The zero-order valence-electron chi connectivity index (χ0n) is 15.4. The predicted octanol–water partition coefficient (Wildman–Crippen LogP) is 5.03. The number of hydrogen-bond acceptors (Lipinski definition) is 5. The number of carboxylic acids is 1. The number of ketones is 1. The highest BCUT2D eigenvalue weighted by atomic mass is 32.1. The molecule has 1 heterocycles. The van der Waals surface area contributed by atoms with Crippen molar-refractivity contribution in [3.63, 3.8) is 0 Å². The first kappa shape index (κ1) is 19.4. The van der Waals surface area contributed by atoms with Crippen LogP contribution in [0.2, 0.25) is 0 Å². The van der Waals surface area contributed by atoms with Gasteiger partial charge in [0.1, 0.15) is 0 Å². The van der Waals surface area contributed by atoms with Gasteiger partial charge in [0, 0.05) is 21.6 Å². The van der Waals surface area contributed by atoms with E-state index in [0.717, 1.165) is 10.4 Å². The topological polar surface area (TPSA) is 72.8 Å². The Morgan fingerprint density at radius 2 is 1.64 bits per heavy atom. The number of rotatable bonds is 7. The molecular weight excluding hydrogens is 376 g/mol. The molecule has 0 aliphatic carbocycles. The maximum atomic E-state index is 12.9. The number of thiophene rings is 1. The molecule has 1 aromatic heterocycles. The quantitative estimate of drug-likeness (QED) is 0.450. The van der Waals surface area contributed by atoms with Crippen molar-refractivity contribution in [2.75, 3.05) is 14.2 Å². The molecule has 0 aliphatic heterocycles. The number of hydrogen-bond donors (Lipinski definition) is 1. The SMILES string of the molecule is C=C(C(=O)c1ccc(C(=O)O)cc1)c1cc(OC)c(OC)c(-c2cccs2)c1. The second-order valence-electron chi connectivity index (χ2n) is 5.93. The third kappa shape index (κ3) is 3.68. The average molecular weight is 394 g/mol. The molecule has 0 unspecified atom stereocenters. The first-order chi connectivity index (χ1) is 13.5. The number of benzene rings is 2. The Morgan fingerprint density at radius 1 is 0.964 bits per heavy atom. The van der Waals surface area contributed by atoms with Gasteiger partial charge < -0.3 is 14.6 Å². The Hall–Kier alpha value is -3.38. The van der Waals surface area contributed by atoms with Gasteiger partial charge in [-0.2, -0.15) is 0 Å². The number of carboxylic acid groups (broad SMARTS) is 1. The van der Waals surface area contributed by atoms with Crippen LogP contribution in [0.3, 0.4) is 0 Å². The number of carbonyl (C=O) groups is 2. The minimum Gasteiger partial charge on any atom is -0.493 e. The Labute approximate surface area is 166 Å². The number of methoxy groups -OCH3 is 2. The number of ether oxygens (including phenoxy) is 2. The number of carbonyl (C=O) groups excluding carboxylic acids is 1. The minimum atomic E-state index is -1.04. The van der Waals surface area contributed by atoms with Gasteiger partial charge in [-0.3, -0.25) is 4.79 Å². The molecule has 2 aromatic carbocycles. The van der Waals surface area contributed by atoms with Gasteiger partial charge in [0.2, 0.25) is 0 Å². The lowest BCUT2D eigenvalue weighted by atomic mass is 9.95. The number of allylic oxidation sites excluding steroid dienone is 1. The van der Waals surface area contributed by atoms with Crippen LogP contribution in [-0.4, -0.2) is 31.1 Å². The summed E-state index contributed by atoms with van der Waals surface area (Å²) in [6, 6.07) is 13.2. The van der Waals surface area contributed by atoms with Gasteiger partial charge in [0.25, 0.3) is 0 Å². The summed E-state index contributed by atoms with van der Waals surface area (Å²) in [5, 5.41) is 11.0. The van der Waals surface area contributed by atoms with Gasteiger partial charge in [-0.25, -0.2) is 4.79 Å². The van der Waals surface area contributed by atoms with Gasteiger partial charge in [-0.05, 0) is 41.3 Å². The Kier molecular flexibility index (Phi) is 5.61. The van der Waals surface area contributed by atoms with Crippen LogP contribution in [0.25, 0.3) is 16.0 Å². The summed E-state index contributed by atoms with van der Waals surface area (Å²) in [5.74, 6) is -0.252. The lowest BCUT2D eigenvalue weighted by Crippen LogP contribution is -2.04. The molecule has 6 heteroatoms. The number of aromatic carboxylic acids is 1. The van der Waals surface area contributed by atoms with E-state index in [4.69, 9.17) is 14.6 Å². The minimum absolute atomic E-state index is 0.119.